The molecule has 7 nitrogen and oxygen atoms in total. The van der Waals surface area contributed by atoms with Crippen molar-refractivity contribution in [2.75, 3.05) is 20.2 Å². The lowest BCUT2D eigenvalue weighted by molar-refractivity contribution is -0.115. The van der Waals surface area contributed by atoms with Crippen LogP contribution in [0.2, 0.25) is 0 Å². The number of amides is 2. The zero-order valence-corrected chi connectivity index (χ0v) is 17.3. The first-order valence-electron chi connectivity index (χ1n) is 9.67. The van der Waals surface area contributed by atoms with E-state index in [0.29, 0.717) is 25.9 Å². The van der Waals surface area contributed by atoms with Crippen LogP contribution in [0.4, 0.5) is 9.18 Å². The summed E-state index contributed by atoms with van der Waals surface area (Å²) in [5.74, 6) is -0.526. The monoisotopic (exact) mass is 417 g/mol. The number of rotatable bonds is 8. The molecule has 2 rings (SSSR count). The Kier molecular flexibility index (Phi) is 8.93. The Morgan fingerprint density at radius 2 is 2.13 bits per heavy atom. The van der Waals surface area contributed by atoms with Crippen molar-refractivity contribution in [2.24, 2.45) is 0 Å². The highest BCUT2D eigenvalue weighted by molar-refractivity contribution is 5.89. The van der Waals surface area contributed by atoms with Gasteiger partial charge in [-0.25, -0.2) is 9.18 Å². The summed E-state index contributed by atoms with van der Waals surface area (Å²) in [6.45, 7) is 6.39. The summed E-state index contributed by atoms with van der Waals surface area (Å²) in [7, 11) is 1.55. The van der Waals surface area contributed by atoms with Gasteiger partial charge in [0.15, 0.2) is 0 Å². The maximum atomic E-state index is 13.4. The van der Waals surface area contributed by atoms with Crippen LogP contribution < -0.4 is 10.6 Å². The van der Waals surface area contributed by atoms with Gasteiger partial charge < -0.3 is 25.0 Å². The van der Waals surface area contributed by atoms with Gasteiger partial charge in [0.05, 0.1) is 25.2 Å². The molecule has 2 heterocycles. The normalized spacial score (nSPS) is 22.8. The molecule has 2 aliphatic heterocycles. The molecule has 2 unspecified atom stereocenters. The Balaban J connectivity index is 1.88. The van der Waals surface area contributed by atoms with Crippen molar-refractivity contribution in [1.82, 2.24) is 15.5 Å². The lowest BCUT2D eigenvalue weighted by Gasteiger charge is -2.31. The second-order valence-corrected chi connectivity index (χ2v) is 6.82. The minimum absolute atomic E-state index is 0.250. The van der Waals surface area contributed by atoms with Gasteiger partial charge >= 0.3 is 6.09 Å². The zero-order valence-electron chi connectivity index (χ0n) is 17.3. The molecule has 2 atom stereocenters. The fourth-order valence-electron chi connectivity index (χ4n) is 3.11. The van der Waals surface area contributed by atoms with E-state index in [4.69, 9.17) is 9.47 Å². The first-order valence-corrected chi connectivity index (χ1v) is 9.67. The van der Waals surface area contributed by atoms with Crippen LogP contribution in [0.15, 0.2) is 72.6 Å². The number of allylic oxidation sites excluding steroid dienone is 4. The van der Waals surface area contributed by atoms with E-state index in [1.807, 2.05) is 0 Å². The van der Waals surface area contributed by atoms with E-state index in [-0.39, 0.29) is 17.8 Å². The highest BCUT2D eigenvalue weighted by atomic mass is 19.1. The molecule has 2 aliphatic rings. The minimum Gasteiger partial charge on any atom is -0.504 e. The molecular weight excluding hydrogens is 389 g/mol. The maximum Gasteiger partial charge on any atom is 0.408 e. The number of nitrogens with one attached hydrogen (secondary N) is 2. The molecule has 0 aliphatic carbocycles. The fraction of sp³-hybridized carbons (Fsp3) is 0.364. The maximum absolute atomic E-state index is 13.4. The van der Waals surface area contributed by atoms with Crippen LogP contribution >= 0.6 is 0 Å². The number of piperidine rings is 1. The average Bonchev–Trinajstić information content (AvgIpc) is 3.07. The number of cyclic esters (lactones) is 1. The number of halogens is 1. The minimum atomic E-state index is -0.515. The van der Waals surface area contributed by atoms with Crippen LogP contribution in [-0.2, 0) is 14.3 Å². The van der Waals surface area contributed by atoms with E-state index in [1.165, 1.54) is 25.5 Å². The number of carbonyl (C=O) groups excluding carboxylic acids is 2. The van der Waals surface area contributed by atoms with Crippen molar-refractivity contribution >= 4 is 12.0 Å². The van der Waals surface area contributed by atoms with Gasteiger partial charge in [0.1, 0.15) is 6.10 Å². The Morgan fingerprint density at radius 1 is 1.40 bits per heavy atom. The van der Waals surface area contributed by atoms with Crippen LogP contribution in [-0.4, -0.2) is 49.2 Å². The van der Waals surface area contributed by atoms with Crippen LogP contribution in [0.3, 0.4) is 0 Å². The Bertz CT molecular complexity index is 784. The number of carbonyl (C=O) groups is 2. The van der Waals surface area contributed by atoms with Gasteiger partial charge in [0.2, 0.25) is 5.91 Å². The Hall–Kier alpha value is -3.29. The molecule has 0 aromatic rings. The molecule has 0 aromatic heterocycles. The number of hydrogen-bond acceptors (Lipinski definition) is 5. The fourth-order valence-corrected chi connectivity index (χ4v) is 3.11. The standard InChI is InChI=1S/C22H28FN3O4/c1-4-19-20(30-22(28)25-19)7-10-24-21(27)15-17-8-11-26(12-9-17)18(14-16(2)23)6-5-13-29-3/h4-7,10,13-15,19-20H,1,8-9,11-12H2,2-3H3,(H,24,27)(H,25,28)/b10-7+,13-5+,16-14+,18-6+. The third kappa shape index (κ3) is 7.27. The van der Waals surface area contributed by atoms with Crippen molar-refractivity contribution < 1.29 is 23.5 Å². The second kappa shape index (κ2) is 11.6. The number of ether oxygens (including phenoxy) is 2. The smallest absolute Gasteiger partial charge is 0.408 e. The largest absolute Gasteiger partial charge is 0.504 e. The summed E-state index contributed by atoms with van der Waals surface area (Å²) >= 11 is 0. The van der Waals surface area contributed by atoms with E-state index < -0.39 is 12.2 Å². The molecule has 2 fully saturated rings. The van der Waals surface area contributed by atoms with Gasteiger partial charge in [-0.05, 0) is 44.1 Å². The molecule has 0 aromatic carbocycles. The quantitative estimate of drug-likeness (QED) is 0.274. The summed E-state index contributed by atoms with van der Waals surface area (Å²) in [6.07, 6.45) is 13.1. The van der Waals surface area contributed by atoms with Gasteiger partial charge in [0, 0.05) is 31.1 Å². The van der Waals surface area contributed by atoms with Crippen molar-refractivity contribution in [3.05, 3.63) is 72.6 Å². The topological polar surface area (TPSA) is 79.9 Å². The summed E-state index contributed by atoms with van der Waals surface area (Å²) in [5, 5.41) is 5.25. The molecule has 2 saturated heterocycles. The first-order chi connectivity index (χ1) is 14.4. The Morgan fingerprint density at radius 3 is 2.77 bits per heavy atom. The molecule has 8 heteroatoms. The molecule has 2 N–H and O–H groups in total. The molecule has 2 amide bonds. The van der Waals surface area contributed by atoms with Crippen molar-refractivity contribution in [1.29, 1.82) is 0 Å². The number of likely N-dealkylation sites (tertiary alicyclic amines) is 1. The van der Waals surface area contributed by atoms with Gasteiger partial charge in [-0.1, -0.05) is 11.6 Å². The lowest BCUT2D eigenvalue weighted by atomic mass is 10.0. The zero-order chi connectivity index (χ0) is 21.9. The predicted molar refractivity (Wildman–Crippen MR) is 113 cm³/mol. The third-order valence-corrected chi connectivity index (χ3v) is 4.58. The van der Waals surface area contributed by atoms with E-state index in [2.05, 4.69) is 22.1 Å². The highest BCUT2D eigenvalue weighted by Gasteiger charge is 2.29. The molecular formula is C22H28FN3O4. The third-order valence-electron chi connectivity index (χ3n) is 4.58. The van der Waals surface area contributed by atoms with Crippen LogP contribution in [0.1, 0.15) is 19.8 Å². The van der Waals surface area contributed by atoms with Crippen LogP contribution in [0, 0.1) is 0 Å². The van der Waals surface area contributed by atoms with Gasteiger partial charge in [-0.3, -0.25) is 4.79 Å². The molecule has 0 bridgehead atoms. The summed E-state index contributed by atoms with van der Waals surface area (Å²) < 4.78 is 23.3. The molecule has 0 radical (unpaired) electrons. The van der Waals surface area contributed by atoms with E-state index in [9.17, 15) is 14.0 Å². The molecule has 0 spiro atoms. The van der Waals surface area contributed by atoms with Gasteiger partial charge in [-0.2, -0.15) is 0 Å². The number of hydrogen-bond donors (Lipinski definition) is 2. The van der Waals surface area contributed by atoms with E-state index >= 15 is 0 Å². The number of alkyl carbamates (subject to hydrolysis) is 1. The van der Waals surface area contributed by atoms with E-state index in [0.717, 1.165) is 11.3 Å². The number of nitrogens with zero attached hydrogens (tertiary/aromatic N) is 1. The summed E-state index contributed by atoms with van der Waals surface area (Å²) in [6, 6.07) is -0.323. The van der Waals surface area contributed by atoms with Gasteiger partial charge in [0.25, 0.3) is 0 Å². The highest BCUT2D eigenvalue weighted by Crippen LogP contribution is 2.21. The average molecular weight is 417 g/mol. The Labute approximate surface area is 176 Å². The molecule has 162 valence electrons. The van der Waals surface area contributed by atoms with Gasteiger partial charge in [-0.15, -0.1) is 6.58 Å². The number of methoxy groups -OCH3 is 1. The molecule has 0 saturated carbocycles. The van der Waals surface area contributed by atoms with Crippen molar-refractivity contribution in [2.45, 2.75) is 31.9 Å². The SMILES string of the molecule is C=CC1NC(=O)OC1/C=C/NC(=O)C=C1CCN(C(/C=C(\C)F)=C/C=C/OC)CC1. The first kappa shape index (κ1) is 23.0. The second-order valence-electron chi connectivity index (χ2n) is 6.82. The van der Waals surface area contributed by atoms with Crippen LogP contribution in [0.25, 0.3) is 0 Å². The summed E-state index contributed by atoms with van der Waals surface area (Å²) in [4.78, 5) is 25.4. The predicted octanol–water partition coefficient (Wildman–Crippen LogP) is 3.22. The molecule has 30 heavy (non-hydrogen) atoms. The lowest BCUT2D eigenvalue weighted by Crippen LogP contribution is -2.30. The van der Waals surface area contributed by atoms with Crippen molar-refractivity contribution in [3.63, 3.8) is 0 Å². The van der Waals surface area contributed by atoms with E-state index in [1.54, 1.807) is 37.5 Å². The van der Waals surface area contributed by atoms with Crippen molar-refractivity contribution in [3.8, 4) is 0 Å². The summed E-state index contributed by atoms with van der Waals surface area (Å²) in [5.41, 5.74) is 1.77. The van der Waals surface area contributed by atoms with Crippen LogP contribution in [0.5, 0.6) is 0 Å².